The zero-order valence-corrected chi connectivity index (χ0v) is 14.6. The quantitative estimate of drug-likeness (QED) is 0.769. The monoisotopic (exact) mass is 348 g/mol. The molecule has 1 N–H and O–H groups in total. The molecular formula is C18H20N8. The maximum Gasteiger partial charge on any atom is 0.228 e. The van der Waals surface area contributed by atoms with E-state index >= 15 is 0 Å². The van der Waals surface area contributed by atoms with E-state index in [4.69, 9.17) is 0 Å². The maximum absolute atomic E-state index is 4.60. The molecule has 3 aromatic rings. The molecule has 1 aliphatic rings. The van der Waals surface area contributed by atoms with Crippen LogP contribution in [0.5, 0.6) is 0 Å². The zero-order valence-electron chi connectivity index (χ0n) is 14.6. The third-order valence-corrected chi connectivity index (χ3v) is 4.44. The van der Waals surface area contributed by atoms with Crippen molar-refractivity contribution in [2.75, 3.05) is 23.3 Å². The number of rotatable bonds is 4. The second-order valence-corrected chi connectivity index (χ2v) is 6.29. The second kappa shape index (κ2) is 7.38. The molecule has 1 saturated heterocycles. The van der Waals surface area contributed by atoms with Gasteiger partial charge in [0.2, 0.25) is 5.95 Å². The van der Waals surface area contributed by atoms with Gasteiger partial charge in [-0.25, -0.2) is 24.9 Å². The Morgan fingerprint density at radius 3 is 2.69 bits per heavy atom. The number of nitrogens with zero attached hydrogens (tertiary/aromatic N) is 7. The van der Waals surface area contributed by atoms with E-state index in [2.05, 4.69) is 40.1 Å². The summed E-state index contributed by atoms with van der Waals surface area (Å²) in [5, 5.41) is 3.19. The maximum atomic E-state index is 4.60. The second-order valence-electron chi connectivity index (χ2n) is 6.29. The molecule has 26 heavy (non-hydrogen) atoms. The predicted molar refractivity (Wildman–Crippen MR) is 98.3 cm³/mol. The lowest BCUT2D eigenvalue weighted by atomic mass is 9.94. The summed E-state index contributed by atoms with van der Waals surface area (Å²) in [7, 11) is 0. The van der Waals surface area contributed by atoms with E-state index in [9.17, 15) is 0 Å². The fourth-order valence-corrected chi connectivity index (χ4v) is 3.24. The zero-order chi connectivity index (χ0) is 17.8. The third kappa shape index (κ3) is 3.58. The number of hydrogen-bond acceptors (Lipinski definition) is 8. The van der Waals surface area contributed by atoms with Crippen LogP contribution in [0.1, 0.15) is 30.1 Å². The van der Waals surface area contributed by atoms with Crippen molar-refractivity contribution in [3.05, 3.63) is 54.6 Å². The molecule has 0 radical (unpaired) electrons. The molecule has 0 aliphatic carbocycles. The van der Waals surface area contributed by atoms with Crippen LogP contribution in [-0.4, -0.2) is 43.0 Å². The minimum Gasteiger partial charge on any atom is -0.356 e. The van der Waals surface area contributed by atoms with Crippen LogP contribution in [-0.2, 0) is 0 Å². The third-order valence-electron chi connectivity index (χ3n) is 4.44. The highest BCUT2D eigenvalue weighted by atomic mass is 15.2. The van der Waals surface area contributed by atoms with Gasteiger partial charge in [0, 0.05) is 55.6 Å². The molecule has 4 rings (SSSR count). The summed E-state index contributed by atoms with van der Waals surface area (Å²) in [5.74, 6) is 2.46. The molecule has 0 saturated carbocycles. The van der Waals surface area contributed by atoms with Gasteiger partial charge in [-0.2, -0.15) is 0 Å². The molecule has 3 aromatic heterocycles. The molecule has 1 atom stereocenters. The number of aromatic nitrogens is 6. The van der Waals surface area contributed by atoms with Crippen molar-refractivity contribution in [1.29, 1.82) is 0 Å². The first-order chi connectivity index (χ1) is 12.8. The van der Waals surface area contributed by atoms with Crippen LogP contribution < -0.4 is 10.2 Å². The Labute approximate surface area is 151 Å². The summed E-state index contributed by atoms with van der Waals surface area (Å²) in [6.07, 6.45) is 10.6. The average Bonchev–Trinajstić information content (AvgIpc) is 2.69. The van der Waals surface area contributed by atoms with Gasteiger partial charge in [-0.15, -0.1) is 0 Å². The topological polar surface area (TPSA) is 92.6 Å². The van der Waals surface area contributed by atoms with E-state index in [0.29, 0.717) is 11.8 Å². The summed E-state index contributed by atoms with van der Waals surface area (Å²) in [4.78, 5) is 28.4. The van der Waals surface area contributed by atoms with Crippen molar-refractivity contribution < 1.29 is 0 Å². The van der Waals surface area contributed by atoms with Crippen LogP contribution in [0.4, 0.5) is 17.6 Å². The lowest BCUT2D eigenvalue weighted by Crippen LogP contribution is -2.35. The number of hydrogen-bond donors (Lipinski definition) is 1. The Kier molecular flexibility index (Phi) is 4.63. The largest absolute Gasteiger partial charge is 0.356 e. The van der Waals surface area contributed by atoms with Crippen LogP contribution in [0, 0.1) is 6.92 Å². The molecule has 0 aromatic carbocycles. The van der Waals surface area contributed by atoms with Gasteiger partial charge in [0.05, 0.1) is 5.69 Å². The summed E-state index contributed by atoms with van der Waals surface area (Å²) in [6.45, 7) is 3.81. The van der Waals surface area contributed by atoms with E-state index in [0.717, 1.165) is 43.1 Å². The molecule has 8 nitrogen and oxygen atoms in total. The smallest absolute Gasteiger partial charge is 0.228 e. The molecule has 132 valence electrons. The molecule has 0 amide bonds. The first-order valence-corrected chi connectivity index (χ1v) is 8.68. The summed E-state index contributed by atoms with van der Waals surface area (Å²) < 4.78 is 0. The number of piperidine rings is 1. The van der Waals surface area contributed by atoms with Gasteiger partial charge < -0.3 is 10.2 Å². The summed E-state index contributed by atoms with van der Waals surface area (Å²) in [5.41, 5.74) is 1.91. The van der Waals surface area contributed by atoms with Gasteiger partial charge in [0.1, 0.15) is 12.1 Å². The highest BCUT2D eigenvalue weighted by molar-refractivity contribution is 5.52. The van der Waals surface area contributed by atoms with Crippen molar-refractivity contribution in [3.63, 3.8) is 0 Å². The SMILES string of the molecule is Cc1cc(N2CCC[C@@H](c3nccnc3Nc3ncccn3)C2)ncn1. The lowest BCUT2D eigenvalue weighted by Gasteiger charge is -2.33. The van der Waals surface area contributed by atoms with Crippen molar-refractivity contribution in [2.24, 2.45) is 0 Å². The molecule has 8 heteroatoms. The van der Waals surface area contributed by atoms with Crippen molar-refractivity contribution in [3.8, 4) is 0 Å². The Morgan fingerprint density at radius 2 is 1.85 bits per heavy atom. The minimum atomic E-state index is 0.263. The van der Waals surface area contributed by atoms with Crippen molar-refractivity contribution >= 4 is 17.6 Å². The molecule has 1 aliphatic heterocycles. The normalized spacial score (nSPS) is 17.1. The fourth-order valence-electron chi connectivity index (χ4n) is 3.24. The standard InChI is InChI=1S/C18H20N8/c1-13-10-15(24-12-23-13)26-9-2-4-14(11-26)16-17(20-8-7-19-16)25-18-21-5-3-6-22-18/h3,5-8,10,12,14H,2,4,9,11H2,1H3,(H,20,21,22,25)/t14-/m1/s1. The average molecular weight is 348 g/mol. The Morgan fingerprint density at radius 1 is 1.00 bits per heavy atom. The molecule has 1 fully saturated rings. The van der Waals surface area contributed by atoms with Crippen molar-refractivity contribution in [2.45, 2.75) is 25.7 Å². The Bertz CT molecular complexity index is 870. The molecule has 0 bridgehead atoms. The van der Waals surface area contributed by atoms with E-state index in [1.807, 2.05) is 13.0 Å². The highest BCUT2D eigenvalue weighted by Gasteiger charge is 2.26. The van der Waals surface area contributed by atoms with Crippen LogP contribution in [0.25, 0.3) is 0 Å². The van der Waals surface area contributed by atoms with Crippen LogP contribution >= 0.6 is 0 Å². The molecule has 0 unspecified atom stereocenters. The van der Waals surface area contributed by atoms with Gasteiger partial charge in [-0.1, -0.05) is 0 Å². The van der Waals surface area contributed by atoms with Crippen molar-refractivity contribution in [1.82, 2.24) is 29.9 Å². The van der Waals surface area contributed by atoms with E-state index in [1.54, 1.807) is 37.2 Å². The first-order valence-electron chi connectivity index (χ1n) is 8.68. The number of nitrogens with one attached hydrogen (secondary N) is 1. The van der Waals surface area contributed by atoms with Crippen LogP contribution in [0.15, 0.2) is 43.2 Å². The lowest BCUT2D eigenvalue weighted by molar-refractivity contribution is 0.498. The summed E-state index contributed by atoms with van der Waals surface area (Å²) in [6, 6.07) is 3.81. The Hall–Kier alpha value is -3.16. The van der Waals surface area contributed by atoms with Gasteiger partial charge in [0.15, 0.2) is 5.82 Å². The fraction of sp³-hybridized carbons (Fsp3) is 0.333. The molecule has 0 spiro atoms. The van der Waals surface area contributed by atoms with E-state index in [-0.39, 0.29) is 5.92 Å². The molecule has 4 heterocycles. The predicted octanol–water partition coefficient (Wildman–Crippen LogP) is 2.49. The van der Waals surface area contributed by atoms with E-state index < -0.39 is 0 Å². The molecular weight excluding hydrogens is 328 g/mol. The summed E-state index contributed by atoms with van der Waals surface area (Å²) >= 11 is 0. The van der Waals surface area contributed by atoms with E-state index in [1.165, 1.54) is 0 Å². The first kappa shape index (κ1) is 16.3. The number of aryl methyl sites for hydroxylation is 1. The van der Waals surface area contributed by atoms with Crippen LogP contribution in [0.3, 0.4) is 0 Å². The van der Waals surface area contributed by atoms with Gasteiger partial charge in [-0.05, 0) is 25.8 Å². The Balaban J connectivity index is 1.57. The highest BCUT2D eigenvalue weighted by Crippen LogP contribution is 2.31. The van der Waals surface area contributed by atoms with Gasteiger partial charge in [0.25, 0.3) is 0 Å². The van der Waals surface area contributed by atoms with Gasteiger partial charge >= 0.3 is 0 Å². The van der Waals surface area contributed by atoms with Crippen LogP contribution in [0.2, 0.25) is 0 Å². The number of anilines is 3. The van der Waals surface area contributed by atoms with Gasteiger partial charge in [-0.3, -0.25) is 4.98 Å². The minimum absolute atomic E-state index is 0.263.